The van der Waals surface area contributed by atoms with E-state index in [1.165, 1.54) is 0 Å². The fraction of sp³-hybridized carbons (Fsp3) is 0.250. The molecule has 0 heterocycles. The quantitative estimate of drug-likeness (QED) is 0.598. The monoisotopic (exact) mass is 286 g/mol. The summed E-state index contributed by atoms with van der Waals surface area (Å²) >= 11 is 0. The van der Waals surface area contributed by atoms with Gasteiger partial charge in [-0.25, -0.2) is 0 Å². The third-order valence-electron chi connectivity index (χ3n) is 3.15. The van der Waals surface area contributed by atoms with Crippen molar-refractivity contribution in [2.45, 2.75) is 13.0 Å². The molecule has 0 spiro atoms. The van der Waals surface area contributed by atoms with Crippen LogP contribution in [0.3, 0.4) is 0 Å². The first kappa shape index (κ1) is 15.6. The van der Waals surface area contributed by atoms with E-state index in [4.69, 9.17) is 19.5 Å². The zero-order chi connectivity index (χ0) is 15.1. The molecule has 0 saturated carbocycles. The number of benzene rings is 2. The van der Waals surface area contributed by atoms with Gasteiger partial charge in [0.25, 0.3) is 0 Å². The number of ether oxygens (including phenoxy) is 2. The molecule has 0 amide bonds. The molecule has 0 aliphatic carbocycles. The molecule has 110 valence electrons. The molecule has 0 bridgehead atoms. The van der Waals surface area contributed by atoms with Crippen molar-refractivity contribution >= 4 is 12.6 Å². The summed E-state index contributed by atoms with van der Waals surface area (Å²) in [5.41, 5.74) is 1.54. The largest absolute Gasteiger partial charge is 0.491 e. The standard InChI is InChI=1S/C16H19BO4/c1-13(14-6-3-2-4-7-14)20-10-11-21-16-9-5-8-15(12-16)17(18)19/h2-9,12-13,18-19H,10-11H2,1H3. The highest BCUT2D eigenvalue weighted by molar-refractivity contribution is 6.58. The zero-order valence-electron chi connectivity index (χ0n) is 12.0. The summed E-state index contributed by atoms with van der Waals surface area (Å²) in [6, 6.07) is 16.7. The Balaban J connectivity index is 1.76. The highest BCUT2D eigenvalue weighted by atomic mass is 16.5. The molecular weight excluding hydrogens is 267 g/mol. The van der Waals surface area contributed by atoms with Crippen LogP contribution in [-0.4, -0.2) is 30.4 Å². The van der Waals surface area contributed by atoms with E-state index in [9.17, 15) is 0 Å². The molecule has 0 aliphatic rings. The summed E-state index contributed by atoms with van der Waals surface area (Å²) < 4.78 is 11.2. The lowest BCUT2D eigenvalue weighted by Crippen LogP contribution is -2.29. The third kappa shape index (κ3) is 4.90. The summed E-state index contributed by atoms with van der Waals surface area (Å²) in [4.78, 5) is 0. The van der Waals surface area contributed by atoms with Crippen LogP contribution in [0.1, 0.15) is 18.6 Å². The molecule has 4 nitrogen and oxygen atoms in total. The fourth-order valence-corrected chi connectivity index (χ4v) is 1.97. The highest BCUT2D eigenvalue weighted by Crippen LogP contribution is 2.15. The molecule has 2 N–H and O–H groups in total. The summed E-state index contributed by atoms with van der Waals surface area (Å²) in [5.74, 6) is 0.594. The molecule has 1 unspecified atom stereocenters. The van der Waals surface area contributed by atoms with Gasteiger partial charge in [-0.2, -0.15) is 0 Å². The zero-order valence-corrected chi connectivity index (χ0v) is 12.0. The molecular formula is C16H19BO4. The molecule has 0 saturated heterocycles. The van der Waals surface area contributed by atoms with Gasteiger partial charge in [0.05, 0.1) is 12.7 Å². The number of hydrogen-bond acceptors (Lipinski definition) is 4. The topological polar surface area (TPSA) is 58.9 Å². The van der Waals surface area contributed by atoms with Gasteiger partial charge in [-0.05, 0) is 30.1 Å². The summed E-state index contributed by atoms with van der Waals surface area (Å²) in [7, 11) is -1.48. The smallest absolute Gasteiger partial charge is 0.488 e. The van der Waals surface area contributed by atoms with Crippen molar-refractivity contribution in [3.8, 4) is 5.75 Å². The molecule has 21 heavy (non-hydrogen) atoms. The van der Waals surface area contributed by atoms with Crippen molar-refractivity contribution in [3.63, 3.8) is 0 Å². The van der Waals surface area contributed by atoms with Crippen molar-refractivity contribution in [3.05, 3.63) is 60.2 Å². The minimum Gasteiger partial charge on any atom is -0.491 e. The van der Waals surface area contributed by atoms with E-state index >= 15 is 0 Å². The molecule has 0 aliphatic heterocycles. The second kappa shape index (κ2) is 7.83. The van der Waals surface area contributed by atoms with Crippen LogP contribution in [-0.2, 0) is 4.74 Å². The Bertz CT molecular complexity index is 545. The van der Waals surface area contributed by atoms with Crippen molar-refractivity contribution in [2.24, 2.45) is 0 Å². The Morgan fingerprint density at radius 1 is 1.00 bits per heavy atom. The van der Waals surface area contributed by atoms with Gasteiger partial charge in [0.15, 0.2) is 0 Å². The maximum absolute atomic E-state index is 9.09. The lowest BCUT2D eigenvalue weighted by molar-refractivity contribution is 0.0440. The van der Waals surface area contributed by atoms with E-state index < -0.39 is 7.12 Å². The van der Waals surface area contributed by atoms with Gasteiger partial charge in [-0.3, -0.25) is 0 Å². The van der Waals surface area contributed by atoms with E-state index in [2.05, 4.69) is 0 Å². The van der Waals surface area contributed by atoms with Crippen LogP contribution in [0, 0.1) is 0 Å². The molecule has 0 radical (unpaired) electrons. The Kier molecular flexibility index (Phi) is 5.81. The Labute approximate surface area is 125 Å². The van der Waals surface area contributed by atoms with E-state index in [0.29, 0.717) is 24.4 Å². The Morgan fingerprint density at radius 2 is 1.76 bits per heavy atom. The summed E-state index contributed by atoms with van der Waals surface area (Å²) in [6.45, 7) is 2.86. The van der Waals surface area contributed by atoms with Crippen LogP contribution in [0.25, 0.3) is 0 Å². The van der Waals surface area contributed by atoms with Gasteiger partial charge in [-0.15, -0.1) is 0 Å². The molecule has 0 fully saturated rings. The van der Waals surface area contributed by atoms with Gasteiger partial charge >= 0.3 is 7.12 Å². The van der Waals surface area contributed by atoms with Crippen LogP contribution < -0.4 is 10.2 Å². The van der Waals surface area contributed by atoms with E-state index in [-0.39, 0.29) is 6.10 Å². The predicted molar refractivity (Wildman–Crippen MR) is 82.6 cm³/mol. The normalized spacial score (nSPS) is 12.0. The molecule has 2 rings (SSSR count). The van der Waals surface area contributed by atoms with Crippen LogP contribution in [0.4, 0.5) is 0 Å². The number of rotatable bonds is 7. The van der Waals surface area contributed by atoms with Crippen LogP contribution >= 0.6 is 0 Å². The second-order valence-corrected chi connectivity index (χ2v) is 4.72. The van der Waals surface area contributed by atoms with Crippen molar-refractivity contribution < 1.29 is 19.5 Å². The third-order valence-corrected chi connectivity index (χ3v) is 3.15. The Hall–Kier alpha value is -1.82. The van der Waals surface area contributed by atoms with Gasteiger partial charge < -0.3 is 19.5 Å². The molecule has 5 heteroatoms. The average Bonchev–Trinajstić information content (AvgIpc) is 2.52. The molecule has 2 aromatic rings. The first-order valence-electron chi connectivity index (χ1n) is 6.92. The van der Waals surface area contributed by atoms with Crippen LogP contribution in [0.5, 0.6) is 5.75 Å². The van der Waals surface area contributed by atoms with Crippen LogP contribution in [0.2, 0.25) is 0 Å². The second-order valence-electron chi connectivity index (χ2n) is 4.72. The van der Waals surface area contributed by atoms with Gasteiger partial charge in [-0.1, -0.05) is 42.5 Å². The first-order valence-corrected chi connectivity index (χ1v) is 6.92. The van der Waals surface area contributed by atoms with E-state index in [1.807, 2.05) is 37.3 Å². The lowest BCUT2D eigenvalue weighted by Gasteiger charge is -2.14. The maximum Gasteiger partial charge on any atom is 0.488 e. The average molecular weight is 286 g/mol. The SMILES string of the molecule is CC(OCCOc1cccc(B(O)O)c1)c1ccccc1. The van der Waals surface area contributed by atoms with Crippen molar-refractivity contribution in [1.82, 2.24) is 0 Å². The van der Waals surface area contributed by atoms with Crippen molar-refractivity contribution in [1.29, 1.82) is 0 Å². The minimum atomic E-state index is -1.48. The van der Waals surface area contributed by atoms with Gasteiger partial charge in [0.1, 0.15) is 12.4 Å². The lowest BCUT2D eigenvalue weighted by atomic mass is 9.80. The Morgan fingerprint density at radius 3 is 2.48 bits per heavy atom. The van der Waals surface area contributed by atoms with Gasteiger partial charge in [0, 0.05) is 0 Å². The van der Waals surface area contributed by atoms with E-state index in [0.717, 1.165) is 5.56 Å². The van der Waals surface area contributed by atoms with Crippen LogP contribution in [0.15, 0.2) is 54.6 Å². The summed E-state index contributed by atoms with van der Waals surface area (Å²) in [5, 5.41) is 18.2. The highest BCUT2D eigenvalue weighted by Gasteiger charge is 2.11. The van der Waals surface area contributed by atoms with Gasteiger partial charge in [0.2, 0.25) is 0 Å². The maximum atomic E-state index is 9.09. The first-order chi connectivity index (χ1) is 10.2. The minimum absolute atomic E-state index is 0.0143. The molecule has 2 aromatic carbocycles. The van der Waals surface area contributed by atoms with Crippen molar-refractivity contribution in [2.75, 3.05) is 13.2 Å². The van der Waals surface area contributed by atoms with E-state index in [1.54, 1.807) is 24.3 Å². The molecule has 1 atom stereocenters. The summed E-state index contributed by atoms with van der Waals surface area (Å²) in [6.07, 6.45) is 0.0143. The fourth-order valence-electron chi connectivity index (χ4n) is 1.97. The number of hydrogen-bond donors (Lipinski definition) is 2. The molecule has 0 aromatic heterocycles. The predicted octanol–water partition coefficient (Wildman–Crippen LogP) is 1.52.